The van der Waals surface area contributed by atoms with Crippen molar-refractivity contribution >= 4 is 46.4 Å². The lowest BCUT2D eigenvalue weighted by molar-refractivity contribution is -0.136. The molecule has 4 aliphatic rings. The molecule has 2 fully saturated rings. The van der Waals surface area contributed by atoms with E-state index in [9.17, 15) is 14.4 Å². The number of hydrogen-bond donors (Lipinski definition) is 1. The lowest BCUT2D eigenvalue weighted by atomic mass is 9.90. The van der Waals surface area contributed by atoms with Crippen LogP contribution in [-0.4, -0.2) is 83.5 Å². The molecule has 0 radical (unpaired) electrons. The van der Waals surface area contributed by atoms with Crippen LogP contribution in [0, 0.1) is 31.6 Å². The van der Waals surface area contributed by atoms with Gasteiger partial charge in [-0.1, -0.05) is 47.7 Å². The molecule has 1 N–H and O–H groups in total. The lowest BCUT2D eigenvalue weighted by Gasteiger charge is -2.39. The second kappa shape index (κ2) is 14.6. The summed E-state index contributed by atoms with van der Waals surface area (Å²) >= 11 is 7.87. The number of aromatic nitrogens is 5. The minimum atomic E-state index is -0.595. The number of imide groups is 1. The third-order valence-corrected chi connectivity index (χ3v) is 12.8. The van der Waals surface area contributed by atoms with Gasteiger partial charge >= 0.3 is 0 Å². The van der Waals surface area contributed by atoms with Crippen molar-refractivity contribution in [2.24, 2.45) is 10.9 Å². The molecule has 2 atom stereocenters. The van der Waals surface area contributed by atoms with Crippen LogP contribution in [0.5, 0.6) is 0 Å². The van der Waals surface area contributed by atoms with E-state index in [-0.39, 0.29) is 30.2 Å². The van der Waals surface area contributed by atoms with Crippen LogP contribution >= 0.6 is 22.9 Å². The van der Waals surface area contributed by atoms with E-state index < -0.39 is 6.04 Å². The molecule has 3 amide bonds. The Labute approximate surface area is 333 Å². The van der Waals surface area contributed by atoms with Crippen molar-refractivity contribution in [2.45, 2.75) is 71.6 Å². The van der Waals surface area contributed by atoms with Crippen molar-refractivity contribution in [3.63, 3.8) is 0 Å². The number of thiophene rings is 1. The first-order chi connectivity index (χ1) is 27.1. The first-order valence-electron chi connectivity index (χ1n) is 19.0. The number of aryl methyl sites for hydroxylation is 2. The van der Waals surface area contributed by atoms with E-state index in [1.165, 1.54) is 5.56 Å². The van der Waals surface area contributed by atoms with Crippen LogP contribution in [0.4, 0.5) is 0 Å². The third-order valence-electron chi connectivity index (χ3n) is 11.4. The molecule has 0 saturated carbocycles. The predicted octanol–water partition coefficient (Wildman–Crippen LogP) is 5.43. The Hall–Kier alpha value is -5.42. The molecule has 2 aromatic carbocycles. The summed E-state index contributed by atoms with van der Waals surface area (Å²) in [5.74, 6) is 8.23. The van der Waals surface area contributed by atoms with Crippen molar-refractivity contribution in [2.75, 3.05) is 19.6 Å². The molecule has 2 saturated heterocycles. The summed E-state index contributed by atoms with van der Waals surface area (Å²) in [5, 5.41) is 17.6. The summed E-state index contributed by atoms with van der Waals surface area (Å²) in [7, 11) is 0. The van der Waals surface area contributed by atoms with Crippen molar-refractivity contribution in [1.82, 2.24) is 39.7 Å². The molecule has 14 heteroatoms. The summed E-state index contributed by atoms with van der Waals surface area (Å²) in [4.78, 5) is 47.5. The Morgan fingerprint density at radius 1 is 1.02 bits per heavy atom. The Bertz CT molecular complexity index is 2500. The smallest absolute Gasteiger partial charge is 0.255 e. The van der Waals surface area contributed by atoms with E-state index in [1.807, 2.05) is 67.3 Å². The molecule has 9 rings (SSSR count). The molecule has 4 aliphatic heterocycles. The van der Waals surface area contributed by atoms with Crippen LogP contribution < -0.4 is 5.32 Å². The van der Waals surface area contributed by atoms with Crippen molar-refractivity contribution in [1.29, 1.82) is 0 Å². The van der Waals surface area contributed by atoms with Crippen molar-refractivity contribution < 1.29 is 14.4 Å². The normalized spacial score (nSPS) is 19.4. The first-order valence-corrected chi connectivity index (χ1v) is 20.2. The number of nitrogens with zero attached hydrogens (tertiary/aromatic N) is 8. The van der Waals surface area contributed by atoms with Gasteiger partial charge in [0, 0.05) is 60.5 Å². The minimum absolute atomic E-state index is 0.121. The monoisotopic (exact) mass is 785 g/mol. The Morgan fingerprint density at radius 2 is 1.84 bits per heavy atom. The van der Waals surface area contributed by atoms with Gasteiger partial charge in [-0.3, -0.25) is 33.9 Å². The summed E-state index contributed by atoms with van der Waals surface area (Å²) in [5.41, 5.74) is 7.73. The number of piperidine rings is 1. The zero-order valence-corrected chi connectivity index (χ0v) is 33.0. The maximum atomic E-state index is 13.2. The molecule has 3 aromatic heterocycles. The second-order valence-corrected chi connectivity index (χ2v) is 16.5. The fraction of sp³-hybridized carbons (Fsp3) is 0.357. The molecule has 1 unspecified atom stereocenters. The van der Waals surface area contributed by atoms with Gasteiger partial charge in [0.25, 0.3) is 5.91 Å². The maximum Gasteiger partial charge on any atom is 0.255 e. The summed E-state index contributed by atoms with van der Waals surface area (Å²) in [6.45, 7) is 10.3. The highest BCUT2D eigenvalue weighted by atomic mass is 35.5. The minimum Gasteiger partial charge on any atom is -0.322 e. The van der Waals surface area contributed by atoms with Crippen LogP contribution in [0.3, 0.4) is 0 Å². The predicted molar refractivity (Wildman–Crippen MR) is 213 cm³/mol. The Kier molecular flexibility index (Phi) is 9.43. The van der Waals surface area contributed by atoms with E-state index in [2.05, 4.69) is 54.9 Å². The fourth-order valence-electron chi connectivity index (χ4n) is 8.31. The number of benzene rings is 2. The van der Waals surface area contributed by atoms with Gasteiger partial charge < -0.3 is 9.80 Å². The maximum absolute atomic E-state index is 13.2. The number of nitrogens with one attached hydrogen (secondary N) is 1. The fourth-order valence-corrected chi connectivity index (χ4v) is 9.65. The van der Waals surface area contributed by atoms with Gasteiger partial charge in [-0.05, 0) is 80.8 Å². The zero-order valence-electron chi connectivity index (χ0n) is 31.4. The number of aliphatic imine (C=N–C) groups is 1. The molecule has 284 valence electrons. The zero-order chi connectivity index (χ0) is 38.7. The number of amides is 3. The van der Waals surface area contributed by atoms with Gasteiger partial charge in [0.1, 0.15) is 22.9 Å². The Balaban J connectivity index is 0.814. The van der Waals surface area contributed by atoms with Gasteiger partial charge in [0.05, 0.1) is 28.9 Å². The molecule has 0 bridgehead atoms. The molecule has 12 nitrogen and oxygen atoms in total. The van der Waals surface area contributed by atoms with Crippen LogP contribution in [0.15, 0.2) is 59.9 Å². The summed E-state index contributed by atoms with van der Waals surface area (Å²) < 4.78 is 4.08. The Morgan fingerprint density at radius 3 is 2.64 bits per heavy atom. The first kappa shape index (κ1) is 36.2. The standard InChI is InChI=1S/C42H40ClN9O3S/c1-24-35(56-42-37(24)38(30-10-12-31(43)13-11-30)45-25(2)39-48-47-26(3)52(39)42)15-8-27-19-44-50(22-27)18-17-49-20-28(21-49)7-9-29-5-4-6-32-33(29)23-51(41(32)55)34-14-16-36(53)46-40(34)54/h4-6,10-13,19,22,25,28,34H,7,9,14,16-18,20-21,23H2,1-3H3,(H,46,53,54)/t25-,34?/m0/s1. The molecule has 56 heavy (non-hydrogen) atoms. The number of hydrogen-bond acceptors (Lipinski definition) is 9. The van der Waals surface area contributed by atoms with Crippen molar-refractivity contribution in [3.8, 4) is 16.8 Å². The second-order valence-electron chi connectivity index (χ2n) is 15.1. The van der Waals surface area contributed by atoms with Gasteiger partial charge in [0.2, 0.25) is 11.8 Å². The summed E-state index contributed by atoms with van der Waals surface area (Å²) in [6.07, 6.45) is 6.39. The van der Waals surface area contributed by atoms with E-state index in [0.717, 1.165) is 94.1 Å². The molecule has 0 aliphatic carbocycles. The molecule has 0 spiro atoms. The van der Waals surface area contributed by atoms with Gasteiger partial charge in [0.15, 0.2) is 5.82 Å². The van der Waals surface area contributed by atoms with Gasteiger partial charge in [-0.25, -0.2) is 0 Å². The SMILES string of the molecule is Cc1c(C#Cc2cnn(CCN3CC(CCc4cccc5c4CN(C4CCC(=O)NC4=O)C5=O)C3)c2)sc2c1C(c1ccc(Cl)cc1)=N[C@@H](C)c1nnc(C)n1-2. The van der Waals surface area contributed by atoms with Gasteiger partial charge in [-0.2, -0.15) is 5.10 Å². The molecule has 7 heterocycles. The van der Waals surface area contributed by atoms with E-state index >= 15 is 0 Å². The highest BCUT2D eigenvalue weighted by Crippen LogP contribution is 2.39. The number of fused-ring (bicyclic) bond motifs is 4. The summed E-state index contributed by atoms with van der Waals surface area (Å²) in [6, 6.07) is 12.9. The topological polar surface area (TPSA) is 131 Å². The molecule has 5 aromatic rings. The number of carbonyl (C=O) groups is 3. The van der Waals surface area contributed by atoms with E-state index in [1.54, 1.807) is 16.2 Å². The van der Waals surface area contributed by atoms with Gasteiger partial charge in [-0.15, -0.1) is 21.5 Å². The number of halogens is 1. The largest absolute Gasteiger partial charge is 0.322 e. The average Bonchev–Trinajstić information content (AvgIpc) is 3.93. The van der Waals surface area contributed by atoms with Crippen LogP contribution in [0.25, 0.3) is 5.00 Å². The van der Waals surface area contributed by atoms with E-state index in [0.29, 0.717) is 29.5 Å². The number of likely N-dealkylation sites (tertiary alicyclic amines) is 1. The van der Waals surface area contributed by atoms with Crippen LogP contribution in [-0.2, 0) is 29.1 Å². The molecular weight excluding hydrogens is 746 g/mol. The third kappa shape index (κ3) is 6.65. The average molecular weight is 786 g/mol. The lowest BCUT2D eigenvalue weighted by Crippen LogP contribution is -2.52. The highest BCUT2D eigenvalue weighted by Gasteiger charge is 2.40. The van der Waals surface area contributed by atoms with E-state index in [4.69, 9.17) is 16.6 Å². The number of carbonyl (C=O) groups excluding carboxylic acids is 3. The number of rotatable bonds is 8. The highest BCUT2D eigenvalue weighted by molar-refractivity contribution is 7.15. The van der Waals surface area contributed by atoms with Crippen molar-refractivity contribution in [3.05, 3.63) is 115 Å². The quantitative estimate of drug-likeness (QED) is 0.164. The van der Waals surface area contributed by atoms with Crippen LogP contribution in [0.2, 0.25) is 5.02 Å². The molecular formula is C42H40ClN9O3S. The van der Waals surface area contributed by atoms with Crippen LogP contribution in [0.1, 0.15) is 92.5 Å².